The lowest BCUT2D eigenvalue weighted by atomic mass is 10.0. The molecule has 0 aliphatic carbocycles. The molecule has 1 N–H and O–H groups in total. The molecule has 0 aliphatic rings. The van der Waals surface area contributed by atoms with Crippen LogP contribution in [0.2, 0.25) is 0 Å². The summed E-state index contributed by atoms with van der Waals surface area (Å²) in [7, 11) is 0. The molecule has 0 radical (unpaired) electrons. The molecule has 0 spiro atoms. The fraction of sp³-hybridized carbons (Fsp3) is 0.263. The Kier molecular flexibility index (Phi) is 5.04. The van der Waals surface area contributed by atoms with Crippen LogP contribution in [0.1, 0.15) is 29.6 Å². The number of hydrogen-bond acceptors (Lipinski definition) is 2. The van der Waals surface area contributed by atoms with Crippen LogP contribution < -0.4 is 5.32 Å². The lowest BCUT2D eigenvalue weighted by molar-refractivity contribution is 0.0954. The summed E-state index contributed by atoms with van der Waals surface area (Å²) in [5, 5.41) is 5.13. The average Bonchev–Trinajstić information content (AvgIpc) is 3.10. The summed E-state index contributed by atoms with van der Waals surface area (Å²) in [4.78, 5) is 16.4. The number of benzene rings is 2. The van der Waals surface area contributed by atoms with Crippen LogP contribution in [0.15, 0.2) is 61.2 Å². The van der Waals surface area contributed by atoms with Crippen molar-refractivity contribution < 1.29 is 4.79 Å². The Labute approximate surface area is 136 Å². The van der Waals surface area contributed by atoms with E-state index in [0.717, 1.165) is 42.1 Å². The van der Waals surface area contributed by atoms with E-state index in [1.807, 2.05) is 55.0 Å². The third kappa shape index (κ3) is 3.97. The van der Waals surface area contributed by atoms with Gasteiger partial charge in [-0.15, -0.1) is 0 Å². The number of fused-ring (bicyclic) bond motifs is 1. The maximum absolute atomic E-state index is 12.4. The van der Waals surface area contributed by atoms with Crippen LogP contribution in [-0.2, 0) is 6.54 Å². The Bertz CT molecular complexity index is 760. The molecule has 0 saturated heterocycles. The van der Waals surface area contributed by atoms with Crippen molar-refractivity contribution in [3.8, 4) is 0 Å². The maximum atomic E-state index is 12.4. The minimum Gasteiger partial charge on any atom is -0.352 e. The molecule has 3 rings (SSSR count). The lowest BCUT2D eigenvalue weighted by Gasteiger charge is -2.08. The van der Waals surface area contributed by atoms with E-state index >= 15 is 0 Å². The highest BCUT2D eigenvalue weighted by Gasteiger charge is 2.08. The second-order valence-electron chi connectivity index (χ2n) is 5.64. The minimum absolute atomic E-state index is 0.0106. The quantitative estimate of drug-likeness (QED) is 0.677. The SMILES string of the molecule is O=C(NCCCCCn1ccnc1)c1cccc2ccccc12. The molecule has 4 nitrogen and oxygen atoms in total. The molecule has 1 heterocycles. The first-order valence-electron chi connectivity index (χ1n) is 8.06. The molecule has 0 atom stereocenters. The van der Waals surface area contributed by atoms with Crippen LogP contribution in [0.5, 0.6) is 0 Å². The van der Waals surface area contributed by atoms with Gasteiger partial charge in [0.1, 0.15) is 0 Å². The van der Waals surface area contributed by atoms with Crippen molar-refractivity contribution in [3.05, 3.63) is 66.7 Å². The zero-order chi connectivity index (χ0) is 15.9. The summed E-state index contributed by atoms with van der Waals surface area (Å²) >= 11 is 0. The van der Waals surface area contributed by atoms with Gasteiger partial charge in [0.05, 0.1) is 6.33 Å². The van der Waals surface area contributed by atoms with Gasteiger partial charge in [-0.05, 0) is 36.1 Å². The van der Waals surface area contributed by atoms with Crippen LogP contribution in [0, 0.1) is 0 Å². The Morgan fingerprint density at radius 2 is 1.91 bits per heavy atom. The number of rotatable bonds is 7. The highest BCUT2D eigenvalue weighted by atomic mass is 16.1. The molecule has 0 fully saturated rings. The number of carbonyl (C=O) groups is 1. The van der Waals surface area contributed by atoms with Crippen LogP contribution in [0.25, 0.3) is 10.8 Å². The van der Waals surface area contributed by atoms with E-state index in [2.05, 4.69) is 14.9 Å². The molecular formula is C19H21N3O. The third-order valence-electron chi connectivity index (χ3n) is 3.97. The molecule has 3 aromatic rings. The number of aryl methyl sites for hydroxylation is 1. The summed E-state index contributed by atoms with van der Waals surface area (Å²) in [6.07, 6.45) is 8.79. The van der Waals surface area contributed by atoms with E-state index in [9.17, 15) is 4.79 Å². The van der Waals surface area contributed by atoms with Crippen molar-refractivity contribution in [2.24, 2.45) is 0 Å². The fourth-order valence-electron chi connectivity index (χ4n) is 2.74. The predicted molar refractivity (Wildman–Crippen MR) is 92.4 cm³/mol. The Morgan fingerprint density at radius 1 is 1.04 bits per heavy atom. The molecule has 1 amide bonds. The number of nitrogens with one attached hydrogen (secondary N) is 1. The van der Waals surface area contributed by atoms with Crippen molar-refractivity contribution in [1.29, 1.82) is 0 Å². The smallest absolute Gasteiger partial charge is 0.251 e. The maximum Gasteiger partial charge on any atom is 0.251 e. The van der Waals surface area contributed by atoms with Crippen LogP contribution >= 0.6 is 0 Å². The lowest BCUT2D eigenvalue weighted by Crippen LogP contribution is -2.24. The molecule has 1 aromatic heterocycles. The van der Waals surface area contributed by atoms with Crippen LogP contribution in [-0.4, -0.2) is 22.0 Å². The van der Waals surface area contributed by atoms with Crippen molar-refractivity contribution in [3.63, 3.8) is 0 Å². The summed E-state index contributed by atoms with van der Waals surface area (Å²) < 4.78 is 2.08. The average molecular weight is 307 g/mol. The van der Waals surface area contributed by atoms with Gasteiger partial charge in [0.25, 0.3) is 5.91 Å². The monoisotopic (exact) mass is 307 g/mol. The van der Waals surface area contributed by atoms with E-state index in [1.54, 1.807) is 6.20 Å². The Morgan fingerprint density at radius 3 is 2.78 bits per heavy atom. The van der Waals surface area contributed by atoms with E-state index in [4.69, 9.17) is 0 Å². The molecule has 0 saturated carbocycles. The Hall–Kier alpha value is -2.62. The Balaban J connectivity index is 1.45. The van der Waals surface area contributed by atoms with Crippen LogP contribution in [0.4, 0.5) is 0 Å². The summed E-state index contributed by atoms with van der Waals surface area (Å²) in [5.74, 6) is 0.0106. The van der Waals surface area contributed by atoms with Gasteiger partial charge in [0.2, 0.25) is 0 Å². The molecule has 118 valence electrons. The first-order valence-corrected chi connectivity index (χ1v) is 8.06. The van der Waals surface area contributed by atoms with Crippen molar-refractivity contribution in [1.82, 2.24) is 14.9 Å². The fourth-order valence-corrected chi connectivity index (χ4v) is 2.74. The molecule has 0 aliphatic heterocycles. The molecule has 0 bridgehead atoms. The number of nitrogens with zero attached hydrogens (tertiary/aromatic N) is 2. The van der Waals surface area contributed by atoms with Gasteiger partial charge in [-0.2, -0.15) is 0 Å². The molecule has 23 heavy (non-hydrogen) atoms. The van der Waals surface area contributed by atoms with Gasteiger partial charge in [-0.1, -0.05) is 36.4 Å². The molecule has 2 aromatic carbocycles. The standard InChI is InChI=1S/C19H21N3O/c23-19(18-10-6-8-16-7-2-3-9-17(16)18)21-11-4-1-5-13-22-14-12-20-15-22/h2-3,6-10,12,14-15H,1,4-5,11,13H2,(H,21,23). The molecular weight excluding hydrogens is 286 g/mol. The van der Waals surface area contributed by atoms with Gasteiger partial charge in [0, 0.05) is 31.0 Å². The number of carbonyl (C=O) groups excluding carboxylic acids is 1. The minimum atomic E-state index is 0.0106. The predicted octanol–water partition coefficient (Wildman–Crippen LogP) is 3.64. The van der Waals surface area contributed by atoms with Crippen molar-refractivity contribution in [2.75, 3.05) is 6.54 Å². The zero-order valence-corrected chi connectivity index (χ0v) is 13.1. The van der Waals surface area contributed by atoms with Crippen molar-refractivity contribution in [2.45, 2.75) is 25.8 Å². The van der Waals surface area contributed by atoms with E-state index in [0.29, 0.717) is 6.54 Å². The second-order valence-corrected chi connectivity index (χ2v) is 5.64. The van der Waals surface area contributed by atoms with Gasteiger partial charge < -0.3 is 9.88 Å². The van der Waals surface area contributed by atoms with E-state index in [-0.39, 0.29) is 5.91 Å². The molecule has 4 heteroatoms. The third-order valence-corrected chi connectivity index (χ3v) is 3.97. The number of aromatic nitrogens is 2. The summed E-state index contributed by atoms with van der Waals surface area (Å²) in [6, 6.07) is 13.8. The largest absolute Gasteiger partial charge is 0.352 e. The summed E-state index contributed by atoms with van der Waals surface area (Å²) in [6.45, 7) is 1.70. The highest BCUT2D eigenvalue weighted by molar-refractivity contribution is 6.06. The summed E-state index contributed by atoms with van der Waals surface area (Å²) in [5.41, 5.74) is 0.751. The van der Waals surface area contributed by atoms with E-state index in [1.165, 1.54) is 0 Å². The number of imidazole rings is 1. The number of hydrogen-bond donors (Lipinski definition) is 1. The number of amides is 1. The first kappa shape index (κ1) is 15.3. The normalized spacial score (nSPS) is 10.8. The van der Waals surface area contributed by atoms with E-state index < -0.39 is 0 Å². The van der Waals surface area contributed by atoms with Gasteiger partial charge in [-0.3, -0.25) is 4.79 Å². The first-order chi connectivity index (χ1) is 11.3. The van der Waals surface area contributed by atoms with Gasteiger partial charge >= 0.3 is 0 Å². The highest BCUT2D eigenvalue weighted by Crippen LogP contribution is 2.18. The van der Waals surface area contributed by atoms with Gasteiger partial charge in [0.15, 0.2) is 0 Å². The molecule has 0 unspecified atom stereocenters. The topological polar surface area (TPSA) is 46.9 Å². The van der Waals surface area contributed by atoms with Crippen LogP contribution in [0.3, 0.4) is 0 Å². The second kappa shape index (κ2) is 7.58. The number of unbranched alkanes of at least 4 members (excludes halogenated alkanes) is 2. The zero-order valence-electron chi connectivity index (χ0n) is 13.1. The van der Waals surface area contributed by atoms with Crippen molar-refractivity contribution >= 4 is 16.7 Å². The van der Waals surface area contributed by atoms with Gasteiger partial charge in [-0.25, -0.2) is 4.98 Å².